The minimum absolute atomic E-state index is 0.0428. The molecule has 0 saturated heterocycles. The summed E-state index contributed by atoms with van der Waals surface area (Å²) in [4.78, 5) is 40.5. The fourth-order valence-corrected chi connectivity index (χ4v) is 6.29. The lowest BCUT2D eigenvalue weighted by molar-refractivity contribution is -0.141. The molecule has 1 atom stereocenters. The zero-order valence-electron chi connectivity index (χ0n) is 19.9. The van der Waals surface area contributed by atoms with Gasteiger partial charge in [0.1, 0.15) is 10.9 Å². The molecule has 1 aliphatic heterocycles. The summed E-state index contributed by atoms with van der Waals surface area (Å²) in [6, 6.07) is 14.7. The number of carbonyl (C=O) groups is 3. The summed E-state index contributed by atoms with van der Waals surface area (Å²) in [5, 5.41) is 3.08. The summed E-state index contributed by atoms with van der Waals surface area (Å²) < 4.78 is 26.4. The van der Waals surface area contributed by atoms with Crippen molar-refractivity contribution in [1.82, 2.24) is 14.5 Å². The molecule has 35 heavy (non-hydrogen) atoms. The van der Waals surface area contributed by atoms with Gasteiger partial charge in [-0.05, 0) is 37.5 Å². The third kappa shape index (κ3) is 5.40. The molecule has 2 aromatic carbocycles. The molecule has 2 aromatic rings. The van der Waals surface area contributed by atoms with E-state index < -0.39 is 22.0 Å². The number of benzene rings is 2. The van der Waals surface area contributed by atoms with Gasteiger partial charge in [0.25, 0.3) is 15.9 Å². The van der Waals surface area contributed by atoms with Crippen molar-refractivity contribution in [1.29, 1.82) is 0 Å². The molecule has 1 aliphatic carbocycles. The van der Waals surface area contributed by atoms with Crippen molar-refractivity contribution >= 4 is 27.7 Å². The molecule has 4 rings (SSSR count). The predicted molar refractivity (Wildman–Crippen MR) is 131 cm³/mol. The number of carbonyl (C=O) groups excluding carboxylic acids is 3. The predicted octanol–water partition coefficient (Wildman–Crippen LogP) is 3.09. The van der Waals surface area contributed by atoms with Crippen LogP contribution >= 0.6 is 0 Å². The third-order valence-electron chi connectivity index (χ3n) is 6.76. The first-order valence-corrected chi connectivity index (χ1v) is 13.5. The van der Waals surface area contributed by atoms with Gasteiger partial charge < -0.3 is 10.2 Å². The standard InChI is InChI=1S/C26H31N3O5S/c1-19(25(31)27-21-12-6-3-7-13-21)28(18-20-10-4-2-5-11-20)24(30)16-17-29-26(32)22-14-8-9-15-23(22)35(29,33)34/h2,4-5,8-11,14-15,19,21H,3,6-7,12-13,16-18H2,1H3,(H,27,31)/t19-/m1/s1. The maximum atomic E-state index is 13.3. The average Bonchev–Trinajstić information content (AvgIpc) is 3.06. The van der Waals surface area contributed by atoms with E-state index in [1.165, 1.54) is 23.5 Å². The topological polar surface area (TPSA) is 104 Å². The number of hydrogen-bond donors (Lipinski definition) is 1. The van der Waals surface area contributed by atoms with Crippen LogP contribution < -0.4 is 5.32 Å². The molecule has 1 N–H and O–H groups in total. The lowest BCUT2D eigenvalue weighted by Gasteiger charge is -2.31. The number of hydrogen-bond acceptors (Lipinski definition) is 5. The van der Waals surface area contributed by atoms with Gasteiger partial charge in [-0.15, -0.1) is 0 Å². The molecule has 9 heteroatoms. The van der Waals surface area contributed by atoms with Gasteiger partial charge in [0, 0.05) is 25.6 Å². The molecule has 1 saturated carbocycles. The fourth-order valence-electron chi connectivity index (χ4n) is 4.72. The molecule has 0 unspecified atom stereocenters. The Morgan fingerprint density at radius 3 is 2.37 bits per heavy atom. The molecule has 0 aromatic heterocycles. The maximum Gasteiger partial charge on any atom is 0.269 e. The van der Waals surface area contributed by atoms with E-state index in [2.05, 4.69) is 5.32 Å². The highest BCUT2D eigenvalue weighted by Gasteiger charge is 2.41. The van der Waals surface area contributed by atoms with Crippen LogP contribution in [0.1, 0.15) is 61.4 Å². The number of nitrogens with one attached hydrogen (secondary N) is 1. The zero-order valence-corrected chi connectivity index (χ0v) is 20.7. The number of sulfonamides is 1. The van der Waals surface area contributed by atoms with Crippen LogP contribution in [0.25, 0.3) is 0 Å². The fraction of sp³-hybridized carbons (Fsp3) is 0.423. The lowest BCUT2D eigenvalue weighted by atomic mass is 9.95. The zero-order chi connectivity index (χ0) is 25.0. The number of amides is 3. The van der Waals surface area contributed by atoms with Gasteiger partial charge in [0.15, 0.2) is 0 Å². The Bertz CT molecular complexity index is 1190. The Labute approximate surface area is 206 Å². The van der Waals surface area contributed by atoms with E-state index in [-0.39, 0.29) is 47.8 Å². The van der Waals surface area contributed by atoms with Crippen molar-refractivity contribution in [2.24, 2.45) is 0 Å². The molecular formula is C26H31N3O5S. The van der Waals surface area contributed by atoms with Crippen molar-refractivity contribution in [3.63, 3.8) is 0 Å². The first kappa shape index (κ1) is 24.9. The van der Waals surface area contributed by atoms with E-state index in [1.54, 1.807) is 19.1 Å². The number of nitrogens with zero attached hydrogens (tertiary/aromatic N) is 2. The molecule has 186 valence electrons. The minimum Gasteiger partial charge on any atom is -0.352 e. The SMILES string of the molecule is C[C@H](C(=O)NC1CCCCC1)N(Cc1ccccc1)C(=O)CCN1C(=O)c2ccccc2S1(=O)=O. The van der Waals surface area contributed by atoms with Crippen molar-refractivity contribution < 1.29 is 22.8 Å². The largest absolute Gasteiger partial charge is 0.352 e. The quantitative estimate of drug-likeness (QED) is 0.604. The summed E-state index contributed by atoms with van der Waals surface area (Å²) in [5.41, 5.74) is 0.969. The van der Waals surface area contributed by atoms with E-state index in [0.29, 0.717) is 0 Å². The lowest BCUT2D eigenvalue weighted by Crippen LogP contribution is -2.50. The van der Waals surface area contributed by atoms with Gasteiger partial charge in [-0.3, -0.25) is 14.4 Å². The number of rotatable bonds is 8. The van der Waals surface area contributed by atoms with E-state index in [9.17, 15) is 22.8 Å². The van der Waals surface area contributed by atoms with Gasteiger partial charge >= 0.3 is 0 Å². The third-order valence-corrected chi connectivity index (χ3v) is 8.60. The second-order valence-electron chi connectivity index (χ2n) is 9.16. The van der Waals surface area contributed by atoms with Crippen molar-refractivity contribution in [3.8, 4) is 0 Å². The van der Waals surface area contributed by atoms with Crippen molar-refractivity contribution in [2.75, 3.05) is 6.54 Å². The molecule has 0 spiro atoms. The highest BCUT2D eigenvalue weighted by atomic mass is 32.2. The second kappa shape index (κ2) is 10.6. The summed E-state index contributed by atoms with van der Waals surface area (Å²) in [6.45, 7) is 1.61. The van der Waals surface area contributed by atoms with E-state index in [4.69, 9.17) is 0 Å². The van der Waals surface area contributed by atoms with Gasteiger partial charge in [-0.25, -0.2) is 12.7 Å². The van der Waals surface area contributed by atoms with Gasteiger partial charge in [-0.1, -0.05) is 61.7 Å². The van der Waals surface area contributed by atoms with Crippen molar-refractivity contribution in [3.05, 3.63) is 65.7 Å². The second-order valence-corrected chi connectivity index (χ2v) is 11.0. The van der Waals surface area contributed by atoms with Crippen LogP contribution in [0.5, 0.6) is 0 Å². The summed E-state index contributed by atoms with van der Waals surface area (Å²) in [6.07, 6.45) is 4.97. The monoisotopic (exact) mass is 497 g/mol. The minimum atomic E-state index is -4.00. The highest BCUT2D eigenvalue weighted by molar-refractivity contribution is 7.90. The van der Waals surface area contributed by atoms with Crippen molar-refractivity contribution in [2.45, 2.75) is 69.0 Å². The maximum absolute atomic E-state index is 13.3. The first-order chi connectivity index (χ1) is 16.8. The molecule has 0 bridgehead atoms. The van der Waals surface area contributed by atoms with Crippen LogP contribution in [0.4, 0.5) is 0 Å². The van der Waals surface area contributed by atoms with Crippen LogP contribution in [-0.4, -0.2) is 54.0 Å². The van der Waals surface area contributed by atoms with E-state index >= 15 is 0 Å². The van der Waals surface area contributed by atoms with E-state index in [0.717, 1.165) is 35.6 Å². The highest BCUT2D eigenvalue weighted by Crippen LogP contribution is 2.30. The van der Waals surface area contributed by atoms with Gasteiger partial charge in [0.2, 0.25) is 11.8 Å². The summed E-state index contributed by atoms with van der Waals surface area (Å²) in [5.74, 6) is -1.25. The van der Waals surface area contributed by atoms with Gasteiger partial charge in [-0.2, -0.15) is 0 Å². The molecule has 2 aliphatic rings. The number of fused-ring (bicyclic) bond motifs is 1. The Kier molecular flexibility index (Phi) is 7.54. The van der Waals surface area contributed by atoms with E-state index in [1.807, 2.05) is 30.3 Å². The normalized spacial score (nSPS) is 18.1. The Morgan fingerprint density at radius 2 is 1.69 bits per heavy atom. The molecular weight excluding hydrogens is 466 g/mol. The summed E-state index contributed by atoms with van der Waals surface area (Å²) >= 11 is 0. The Morgan fingerprint density at radius 1 is 1.03 bits per heavy atom. The Balaban J connectivity index is 1.48. The van der Waals surface area contributed by atoms with Crippen LogP contribution in [0, 0.1) is 0 Å². The van der Waals surface area contributed by atoms with Crippen LogP contribution in [0.3, 0.4) is 0 Å². The first-order valence-electron chi connectivity index (χ1n) is 12.1. The summed E-state index contributed by atoms with van der Waals surface area (Å²) in [7, 11) is -4.00. The molecule has 1 heterocycles. The van der Waals surface area contributed by atoms with Gasteiger partial charge in [0.05, 0.1) is 5.56 Å². The molecule has 0 radical (unpaired) electrons. The van der Waals surface area contributed by atoms with Crippen LogP contribution in [-0.2, 0) is 26.2 Å². The smallest absolute Gasteiger partial charge is 0.269 e. The average molecular weight is 498 g/mol. The van der Waals surface area contributed by atoms with Crippen LogP contribution in [0.2, 0.25) is 0 Å². The molecule has 3 amide bonds. The Hall–Kier alpha value is -3.20. The molecule has 1 fully saturated rings. The van der Waals surface area contributed by atoms with Crippen LogP contribution in [0.15, 0.2) is 59.5 Å². The molecule has 8 nitrogen and oxygen atoms in total.